The number of nitrogens with one attached hydrogen (secondary N) is 1. The number of rotatable bonds is 8. The molecule has 0 aliphatic carbocycles. The van der Waals surface area contributed by atoms with Crippen LogP contribution in [0.25, 0.3) is 0 Å². The topological polar surface area (TPSA) is 38.0 Å². The molecule has 0 saturated carbocycles. The molecule has 1 rings (SSSR count). The Morgan fingerprint density at radius 2 is 2.00 bits per heavy atom. The normalized spacial score (nSPS) is 14.4. The molecule has 2 nitrogen and oxygen atoms in total. The molecule has 0 saturated heterocycles. The van der Waals surface area contributed by atoms with E-state index in [4.69, 9.17) is 5.84 Å². The van der Waals surface area contributed by atoms with Gasteiger partial charge in [0.25, 0.3) is 0 Å². The molecule has 0 heterocycles. The third-order valence-corrected chi connectivity index (χ3v) is 3.65. The van der Waals surface area contributed by atoms with Crippen LogP contribution in [0.1, 0.15) is 57.6 Å². The molecular formula is C15H24F2N2. The zero-order chi connectivity index (χ0) is 14.3. The third-order valence-electron chi connectivity index (χ3n) is 3.65. The summed E-state index contributed by atoms with van der Waals surface area (Å²) in [6.07, 6.45) is 5.15. The quantitative estimate of drug-likeness (QED) is 0.552. The SMILES string of the molecule is CCCCC(CC)CC(NN)c1cc(F)ccc1F. The Hall–Kier alpha value is -1.00. The summed E-state index contributed by atoms with van der Waals surface area (Å²) in [4.78, 5) is 0. The van der Waals surface area contributed by atoms with E-state index in [0.717, 1.165) is 44.2 Å². The fraction of sp³-hybridized carbons (Fsp3) is 0.600. The molecule has 1 aromatic carbocycles. The lowest BCUT2D eigenvalue weighted by molar-refractivity contribution is 0.349. The second-order valence-electron chi connectivity index (χ2n) is 5.04. The smallest absolute Gasteiger partial charge is 0.128 e. The van der Waals surface area contributed by atoms with Crippen molar-refractivity contribution >= 4 is 0 Å². The molecule has 0 bridgehead atoms. The maximum absolute atomic E-state index is 13.8. The van der Waals surface area contributed by atoms with E-state index in [1.807, 2.05) is 0 Å². The Morgan fingerprint density at radius 1 is 1.26 bits per heavy atom. The van der Waals surface area contributed by atoms with Crippen LogP contribution >= 0.6 is 0 Å². The number of halogens is 2. The van der Waals surface area contributed by atoms with Crippen LogP contribution in [-0.2, 0) is 0 Å². The van der Waals surface area contributed by atoms with Crippen LogP contribution < -0.4 is 11.3 Å². The standard InChI is InChI=1S/C15H24F2N2/c1-3-5-6-11(4-2)9-15(19-18)13-10-12(16)7-8-14(13)17/h7-8,10-11,15,19H,3-6,9,18H2,1-2H3. The van der Waals surface area contributed by atoms with Crippen molar-refractivity contribution in [3.63, 3.8) is 0 Å². The highest BCUT2D eigenvalue weighted by Crippen LogP contribution is 2.28. The monoisotopic (exact) mass is 270 g/mol. The van der Waals surface area contributed by atoms with Gasteiger partial charge in [-0.25, -0.2) is 8.78 Å². The summed E-state index contributed by atoms with van der Waals surface area (Å²) >= 11 is 0. The van der Waals surface area contributed by atoms with E-state index in [2.05, 4.69) is 19.3 Å². The van der Waals surface area contributed by atoms with Gasteiger partial charge in [0.05, 0.1) is 0 Å². The minimum Gasteiger partial charge on any atom is -0.271 e. The summed E-state index contributed by atoms with van der Waals surface area (Å²) in [5.41, 5.74) is 2.94. The highest BCUT2D eigenvalue weighted by Gasteiger charge is 2.19. The summed E-state index contributed by atoms with van der Waals surface area (Å²) < 4.78 is 27.0. The molecule has 19 heavy (non-hydrogen) atoms. The lowest BCUT2D eigenvalue weighted by atomic mass is 9.89. The molecule has 0 aromatic heterocycles. The molecule has 1 aromatic rings. The van der Waals surface area contributed by atoms with Crippen molar-refractivity contribution in [2.24, 2.45) is 11.8 Å². The van der Waals surface area contributed by atoms with Gasteiger partial charge in [-0.3, -0.25) is 11.3 Å². The first-order valence-corrected chi connectivity index (χ1v) is 7.03. The summed E-state index contributed by atoms with van der Waals surface area (Å²) in [5.74, 6) is 5.15. The molecule has 0 aliphatic heterocycles. The largest absolute Gasteiger partial charge is 0.271 e. The van der Waals surface area contributed by atoms with Gasteiger partial charge in [-0.1, -0.05) is 39.5 Å². The van der Waals surface area contributed by atoms with Gasteiger partial charge in [-0.15, -0.1) is 0 Å². The lowest BCUT2D eigenvalue weighted by Gasteiger charge is -2.23. The number of hydrogen-bond donors (Lipinski definition) is 2. The average Bonchev–Trinajstić information content (AvgIpc) is 2.42. The Balaban J connectivity index is 2.78. The van der Waals surface area contributed by atoms with E-state index in [1.54, 1.807) is 0 Å². The highest BCUT2D eigenvalue weighted by atomic mass is 19.1. The first-order chi connectivity index (χ1) is 9.12. The van der Waals surface area contributed by atoms with E-state index >= 15 is 0 Å². The van der Waals surface area contributed by atoms with Gasteiger partial charge in [0.2, 0.25) is 0 Å². The van der Waals surface area contributed by atoms with Gasteiger partial charge >= 0.3 is 0 Å². The highest BCUT2D eigenvalue weighted by molar-refractivity contribution is 5.22. The Bertz CT molecular complexity index is 382. The maximum Gasteiger partial charge on any atom is 0.128 e. The van der Waals surface area contributed by atoms with Crippen LogP contribution in [0.2, 0.25) is 0 Å². The number of nitrogens with two attached hydrogens (primary N) is 1. The molecule has 2 unspecified atom stereocenters. The molecular weight excluding hydrogens is 246 g/mol. The van der Waals surface area contributed by atoms with Gasteiger partial charge in [-0.2, -0.15) is 0 Å². The molecule has 2 atom stereocenters. The number of unbranched alkanes of at least 4 members (excludes halogenated alkanes) is 1. The average molecular weight is 270 g/mol. The molecule has 108 valence electrons. The van der Waals surface area contributed by atoms with Crippen LogP contribution in [0, 0.1) is 17.6 Å². The van der Waals surface area contributed by atoms with E-state index in [-0.39, 0.29) is 6.04 Å². The molecule has 0 amide bonds. The number of hydrazine groups is 1. The van der Waals surface area contributed by atoms with Crippen molar-refractivity contribution < 1.29 is 8.78 Å². The number of benzene rings is 1. The minimum absolute atomic E-state index is 0.317. The Kier molecular flexibility index (Phi) is 6.95. The predicted molar refractivity (Wildman–Crippen MR) is 74.3 cm³/mol. The van der Waals surface area contributed by atoms with Crippen molar-refractivity contribution in [3.05, 3.63) is 35.4 Å². The third kappa shape index (κ3) is 4.88. The zero-order valence-corrected chi connectivity index (χ0v) is 11.8. The van der Waals surface area contributed by atoms with Crippen LogP contribution in [-0.4, -0.2) is 0 Å². The summed E-state index contributed by atoms with van der Waals surface area (Å²) in [5, 5.41) is 0. The van der Waals surface area contributed by atoms with E-state index in [9.17, 15) is 8.78 Å². The predicted octanol–water partition coefficient (Wildman–Crippen LogP) is 4.08. The molecule has 3 N–H and O–H groups in total. The van der Waals surface area contributed by atoms with Crippen LogP contribution in [0.15, 0.2) is 18.2 Å². The molecule has 0 aliphatic rings. The Labute approximate surface area is 114 Å². The Morgan fingerprint density at radius 3 is 2.58 bits per heavy atom. The van der Waals surface area contributed by atoms with E-state index < -0.39 is 11.6 Å². The molecule has 0 radical (unpaired) electrons. The lowest BCUT2D eigenvalue weighted by Crippen LogP contribution is -2.30. The summed E-state index contributed by atoms with van der Waals surface area (Å²) in [6.45, 7) is 4.27. The van der Waals surface area contributed by atoms with Crippen molar-refractivity contribution in [3.8, 4) is 0 Å². The minimum atomic E-state index is -0.432. The summed E-state index contributed by atoms with van der Waals surface area (Å²) in [7, 11) is 0. The van der Waals surface area contributed by atoms with Gasteiger partial charge in [0.15, 0.2) is 0 Å². The fourth-order valence-corrected chi connectivity index (χ4v) is 2.38. The first kappa shape index (κ1) is 16.1. The van der Waals surface area contributed by atoms with Crippen molar-refractivity contribution in [2.45, 2.75) is 52.0 Å². The van der Waals surface area contributed by atoms with Gasteiger partial charge in [-0.05, 0) is 30.5 Å². The fourth-order valence-electron chi connectivity index (χ4n) is 2.38. The van der Waals surface area contributed by atoms with Crippen molar-refractivity contribution in [1.29, 1.82) is 0 Å². The van der Waals surface area contributed by atoms with Crippen molar-refractivity contribution in [1.82, 2.24) is 5.43 Å². The first-order valence-electron chi connectivity index (χ1n) is 7.03. The van der Waals surface area contributed by atoms with Gasteiger partial charge in [0, 0.05) is 11.6 Å². The van der Waals surface area contributed by atoms with Crippen LogP contribution in [0.5, 0.6) is 0 Å². The number of hydrogen-bond acceptors (Lipinski definition) is 2. The van der Waals surface area contributed by atoms with Gasteiger partial charge in [0.1, 0.15) is 11.6 Å². The molecule has 0 fully saturated rings. The molecule has 0 spiro atoms. The summed E-state index contributed by atoms with van der Waals surface area (Å²) in [6, 6.07) is 3.17. The van der Waals surface area contributed by atoms with E-state index in [0.29, 0.717) is 11.5 Å². The second kappa shape index (κ2) is 8.23. The van der Waals surface area contributed by atoms with E-state index in [1.165, 1.54) is 6.07 Å². The zero-order valence-electron chi connectivity index (χ0n) is 11.8. The molecule has 4 heteroatoms. The van der Waals surface area contributed by atoms with Crippen molar-refractivity contribution in [2.75, 3.05) is 0 Å². The van der Waals surface area contributed by atoms with Crippen LogP contribution in [0.3, 0.4) is 0 Å². The van der Waals surface area contributed by atoms with Crippen LogP contribution in [0.4, 0.5) is 8.78 Å². The maximum atomic E-state index is 13.8. The second-order valence-corrected chi connectivity index (χ2v) is 5.04. The van der Waals surface area contributed by atoms with Gasteiger partial charge < -0.3 is 0 Å².